The van der Waals surface area contributed by atoms with E-state index in [4.69, 9.17) is 5.11 Å². The van der Waals surface area contributed by atoms with Crippen LogP contribution in [0, 0.1) is 0 Å². The summed E-state index contributed by atoms with van der Waals surface area (Å²) >= 11 is 3.35. The summed E-state index contributed by atoms with van der Waals surface area (Å²) in [7, 11) is 0. The molecule has 0 aromatic carbocycles. The van der Waals surface area contributed by atoms with Gasteiger partial charge in [-0.2, -0.15) is 0 Å². The standard InChI is InChI=1S/C9H10BrNO2/c10-11-5-4-6-7(9(12)13)2-1-3-8(6)11/h4-5,7H,1-3H2,(H,12,13). The van der Waals surface area contributed by atoms with E-state index in [0.717, 1.165) is 30.5 Å². The number of carboxylic acid groups (broad SMARTS) is 1. The molecule has 1 aliphatic carbocycles. The Morgan fingerprint density at radius 2 is 2.46 bits per heavy atom. The Balaban J connectivity index is 2.43. The van der Waals surface area contributed by atoms with Gasteiger partial charge in [-0.05, 0) is 30.9 Å². The highest BCUT2D eigenvalue weighted by Crippen LogP contribution is 2.33. The van der Waals surface area contributed by atoms with Crippen molar-refractivity contribution in [3.05, 3.63) is 23.5 Å². The van der Waals surface area contributed by atoms with E-state index in [-0.39, 0.29) is 5.92 Å². The van der Waals surface area contributed by atoms with Crippen LogP contribution in [0.25, 0.3) is 0 Å². The highest BCUT2D eigenvalue weighted by Gasteiger charge is 2.27. The molecule has 1 aliphatic rings. The average molecular weight is 244 g/mol. The molecule has 1 aromatic rings. The first-order valence-electron chi connectivity index (χ1n) is 4.29. The number of hydrogen-bond donors (Lipinski definition) is 1. The summed E-state index contributed by atoms with van der Waals surface area (Å²) in [5.41, 5.74) is 2.08. The fourth-order valence-corrected chi connectivity index (χ4v) is 2.41. The number of aromatic nitrogens is 1. The van der Waals surface area contributed by atoms with Gasteiger partial charge in [-0.25, -0.2) is 0 Å². The van der Waals surface area contributed by atoms with Crippen LogP contribution < -0.4 is 0 Å². The van der Waals surface area contributed by atoms with Crippen LogP contribution in [0.2, 0.25) is 0 Å². The van der Waals surface area contributed by atoms with Crippen molar-refractivity contribution in [3.63, 3.8) is 0 Å². The zero-order chi connectivity index (χ0) is 9.42. The molecule has 1 atom stereocenters. The minimum Gasteiger partial charge on any atom is -0.481 e. The number of carbonyl (C=O) groups is 1. The molecule has 1 unspecified atom stereocenters. The Labute approximate surface area is 84.7 Å². The van der Waals surface area contributed by atoms with Gasteiger partial charge in [0.1, 0.15) is 0 Å². The van der Waals surface area contributed by atoms with Crippen molar-refractivity contribution in [1.82, 2.24) is 3.59 Å². The Hall–Kier alpha value is -0.770. The van der Waals surface area contributed by atoms with Crippen LogP contribution in [0.15, 0.2) is 12.3 Å². The first kappa shape index (κ1) is 8.81. The van der Waals surface area contributed by atoms with E-state index in [1.165, 1.54) is 0 Å². The van der Waals surface area contributed by atoms with Crippen LogP contribution >= 0.6 is 16.1 Å². The van der Waals surface area contributed by atoms with Gasteiger partial charge < -0.3 is 5.11 Å². The fraction of sp³-hybridized carbons (Fsp3) is 0.444. The lowest BCUT2D eigenvalue weighted by molar-refractivity contribution is -0.139. The minimum absolute atomic E-state index is 0.303. The minimum atomic E-state index is -0.709. The SMILES string of the molecule is O=C(O)C1CCCc2c1ccn2Br. The molecule has 0 aliphatic heterocycles. The van der Waals surface area contributed by atoms with Gasteiger partial charge in [-0.15, -0.1) is 0 Å². The van der Waals surface area contributed by atoms with Crippen molar-refractivity contribution in [2.75, 3.05) is 0 Å². The number of rotatable bonds is 1. The van der Waals surface area contributed by atoms with Crippen molar-refractivity contribution < 1.29 is 9.90 Å². The van der Waals surface area contributed by atoms with Crippen molar-refractivity contribution in [2.45, 2.75) is 25.2 Å². The van der Waals surface area contributed by atoms with Gasteiger partial charge in [-0.1, -0.05) is 0 Å². The zero-order valence-electron chi connectivity index (χ0n) is 7.03. The summed E-state index contributed by atoms with van der Waals surface area (Å²) in [5.74, 6) is -1.01. The largest absolute Gasteiger partial charge is 0.481 e. The van der Waals surface area contributed by atoms with E-state index in [1.807, 2.05) is 15.9 Å². The molecule has 4 heteroatoms. The van der Waals surface area contributed by atoms with E-state index in [2.05, 4.69) is 16.1 Å². The Morgan fingerprint density at radius 1 is 1.69 bits per heavy atom. The number of halogens is 1. The topological polar surface area (TPSA) is 42.2 Å². The fourth-order valence-electron chi connectivity index (χ4n) is 1.91. The number of hydrogen-bond acceptors (Lipinski definition) is 1. The molecule has 0 spiro atoms. The van der Waals surface area contributed by atoms with Crippen molar-refractivity contribution in [1.29, 1.82) is 0 Å². The Bertz CT molecular complexity index is 345. The van der Waals surface area contributed by atoms with E-state index >= 15 is 0 Å². The normalized spacial score (nSPS) is 21.2. The summed E-state index contributed by atoms with van der Waals surface area (Å²) in [6, 6.07) is 1.89. The summed E-state index contributed by atoms with van der Waals surface area (Å²) in [4.78, 5) is 10.9. The first-order chi connectivity index (χ1) is 6.20. The lowest BCUT2D eigenvalue weighted by atomic mass is 9.87. The van der Waals surface area contributed by atoms with Gasteiger partial charge in [0.05, 0.1) is 22.1 Å². The number of nitrogens with zero attached hydrogens (tertiary/aromatic N) is 1. The van der Waals surface area contributed by atoms with E-state index < -0.39 is 5.97 Å². The van der Waals surface area contributed by atoms with Crippen LogP contribution in [0.1, 0.15) is 30.0 Å². The summed E-state index contributed by atoms with van der Waals surface area (Å²) in [6.07, 6.45) is 4.56. The monoisotopic (exact) mass is 243 g/mol. The maximum atomic E-state index is 10.9. The predicted octanol–water partition coefficient (Wildman–Crippen LogP) is 2.15. The van der Waals surface area contributed by atoms with Gasteiger partial charge in [0.2, 0.25) is 0 Å². The molecule has 2 rings (SSSR count). The molecule has 1 aromatic heterocycles. The second kappa shape index (κ2) is 3.18. The van der Waals surface area contributed by atoms with E-state index in [0.29, 0.717) is 0 Å². The molecular formula is C9H10BrNO2. The number of carboxylic acids is 1. The lowest BCUT2D eigenvalue weighted by Crippen LogP contribution is -2.17. The van der Waals surface area contributed by atoms with Gasteiger partial charge in [0.25, 0.3) is 0 Å². The molecule has 0 radical (unpaired) electrons. The molecule has 0 amide bonds. The van der Waals surface area contributed by atoms with E-state index in [9.17, 15) is 4.79 Å². The molecule has 1 heterocycles. The van der Waals surface area contributed by atoms with Crippen molar-refractivity contribution in [2.24, 2.45) is 0 Å². The van der Waals surface area contributed by atoms with Crippen molar-refractivity contribution in [3.8, 4) is 0 Å². The summed E-state index contributed by atoms with van der Waals surface area (Å²) < 4.78 is 1.84. The quantitative estimate of drug-likeness (QED) is 0.822. The average Bonchev–Trinajstić information content (AvgIpc) is 2.48. The van der Waals surface area contributed by atoms with Crippen LogP contribution in [-0.4, -0.2) is 14.7 Å². The maximum Gasteiger partial charge on any atom is 0.311 e. The lowest BCUT2D eigenvalue weighted by Gasteiger charge is -2.19. The molecule has 13 heavy (non-hydrogen) atoms. The third-order valence-electron chi connectivity index (χ3n) is 2.56. The van der Waals surface area contributed by atoms with Crippen LogP contribution in [0.5, 0.6) is 0 Å². The Morgan fingerprint density at radius 3 is 3.15 bits per heavy atom. The van der Waals surface area contributed by atoms with Gasteiger partial charge in [-0.3, -0.25) is 8.39 Å². The second-order valence-corrected chi connectivity index (χ2v) is 4.08. The molecule has 0 fully saturated rings. The molecule has 3 nitrogen and oxygen atoms in total. The van der Waals surface area contributed by atoms with Gasteiger partial charge in [0, 0.05) is 11.9 Å². The molecule has 0 saturated carbocycles. The molecule has 0 saturated heterocycles. The third-order valence-corrected chi connectivity index (χ3v) is 3.22. The summed E-state index contributed by atoms with van der Waals surface area (Å²) in [6.45, 7) is 0. The molecular weight excluding hydrogens is 234 g/mol. The highest BCUT2D eigenvalue weighted by atomic mass is 79.9. The van der Waals surface area contributed by atoms with Crippen LogP contribution in [-0.2, 0) is 11.2 Å². The van der Waals surface area contributed by atoms with Crippen LogP contribution in [0.4, 0.5) is 0 Å². The van der Waals surface area contributed by atoms with Gasteiger partial charge in [0.15, 0.2) is 0 Å². The maximum absolute atomic E-state index is 10.9. The second-order valence-electron chi connectivity index (χ2n) is 3.31. The first-order valence-corrected chi connectivity index (χ1v) is 5.00. The number of fused-ring (bicyclic) bond motifs is 1. The predicted molar refractivity (Wildman–Crippen MR) is 52.1 cm³/mol. The van der Waals surface area contributed by atoms with Gasteiger partial charge >= 0.3 is 5.97 Å². The molecule has 0 bridgehead atoms. The highest BCUT2D eigenvalue weighted by molar-refractivity contribution is 9.08. The van der Waals surface area contributed by atoms with Crippen molar-refractivity contribution >= 4 is 22.1 Å². The number of aliphatic carboxylic acids is 1. The van der Waals surface area contributed by atoms with E-state index in [1.54, 1.807) is 0 Å². The Kier molecular flexibility index (Phi) is 2.15. The molecule has 70 valence electrons. The zero-order valence-corrected chi connectivity index (χ0v) is 8.62. The summed E-state index contributed by atoms with van der Waals surface area (Å²) in [5, 5.41) is 8.97. The third kappa shape index (κ3) is 1.39. The van der Waals surface area contributed by atoms with Crippen LogP contribution in [0.3, 0.4) is 0 Å². The smallest absolute Gasteiger partial charge is 0.311 e. The molecule has 1 N–H and O–H groups in total.